The largest absolute Gasteiger partial charge is 0.465 e. The fourth-order valence-corrected chi connectivity index (χ4v) is 7.07. The van der Waals surface area contributed by atoms with E-state index < -0.39 is 51.0 Å². The van der Waals surface area contributed by atoms with Crippen LogP contribution < -0.4 is 4.74 Å². The summed E-state index contributed by atoms with van der Waals surface area (Å²) in [5.74, 6) is -4.65. The quantitative estimate of drug-likeness (QED) is 0.212. The SMILES string of the molecule is Cc1c(I)c(I)c(I)c2c1OC1(CC3CC1CC3OC(=O)C(F)(F)S(=O)(=O)O)OC2=O. The second-order valence-electron chi connectivity index (χ2n) is 7.64. The molecule has 2 fully saturated rings. The first kappa shape index (κ1) is 24.1. The van der Waals surface area contributed by atoms with E-state index in [9.17, 15) is 26.8 Å². The van der Waals surface area contributed by atoms with Crippen LogP contribution in [0.5, 0.6) is 5.75 Å². The van der Waals surface area contributed by atoms with Gasteiger partial charge < -0.3 is 14.2 Å². The van der Waals surface area contributed by atoms with Crippen LogP contribution in [0.1, 0.15) is 35.2 Å². The maximum absolute atomic E-state index is 13.5. The van der Waals surface area contributed by atoms with Gasteiger partial charge >= 0.3 is 27.3 Å². The van der Waals surface area contributed by atoms with Crippen molar-refractivity contribution in [3.05, 3.63) is 21.8 Å². The van der Waals surface area contributed by atoms with Crippen molar-refractivity contribution in [2.75, 3.05) is 0 Å². The van der Waals surface area contributed by atoms with Gasteiger partial charge in [0.1, 0.15) is 17.4 Å². The van der Waals surface area contributed by atoms with Crippen molar-refractivity contribution in [2.45, 2.75) is 43.3 Å². The first-order chi connectivity index (χ1) is 14.2. The molecule has 8 nitrogen and oxygen atoms in total. The van der Waals surface area contributed by atoms with E-state index in [1.165, 1.54) is 0 Å². The molecule has 2 saturated carbocycles. The first-order valence-corrected chi connectivity index (χ1v) is 13.5. The van der Waals surface area contributed by atoms with Crippen molar-refractivity contribution in [1.82, 2.24) is 0 Å². The minimum Gasteiger partial charge on any atom is -0.457 e. The van der Waals surface area contributed by atoms with Crippen molar-refractivity contribution < 1.29 is 45.6 Å². The third-order valence-electron chi connectivity index (χ3n) is 5.86. The molecule has 0 aromatic heterocycles. The minimum absolute atomic E-state index is 0.0537. The number of hydrogen-bond donors (Lipinski definition) is 1. The Kier molecular flexibility index (Phi) is 5.99. The summed E-state index contributed by atoms with van der Waals surface area (Å²) in [5, 5.41) is -5.05. The summed E-state index contributed by atoms with van der Waals surface area (Å²) >= 11 is 6.38. The summed E-state index contributed by atoms with van der Waals surface area (Å²) in [4.78, 5) is 24.5. The summed E-state index contributed by atoms with van der Waals surface area (Å²) in [7, 11) is -5.94. The van der Waals surface area contributed by atoms with E-state index in [0.717, 1.165) is 12.7 Å². The van der Waals surface area contributed by atoms with E-state index in [0.29, 0.717) is 21.3 Å². The van der Waals surface area contributed by atoms with Crippen molar-refractivity contribution in [2.24, 2.45) is 11.8 Å². The van der Waals surface area contributed by atoms with Gasteiger partial charge in [0.15, 0.2) is 0 Å². The lowest BCUT2D eigenvalue weighted by Crippen LogP contribution is -2.52. The zero-order chi connectivity index (χ0) is 23.1. The van der Waals surface area contributed by atoms with E-state index in [2.05, 4.69) is 67.8 Å². The van der Waals surface area contributed by atoms with Crippen LogP contribution in [0.2, 0.25) is 0 Å². The standard InChI is InChI=1S/C17H13F2I3O8S/c1-5-10(20)12(22)11(21)9-13(5)29-16(30-14(9)23)4-6-2-7(16)3-8(6)28-15(24)17(18,19)31(25,26)27/h6-8H,2-4H2,1H3,(H,25,26,27). The Morgan fingerprint density at radius 3 is 2.39 bits per heavy atom. The molecule has 0 saturated heterocycles. The molecule has 4 atom stereocenters. The molecule has 3 aliphatic rings. The van der Waals surface area contributed by atoms with Crippen LogP contribution in [0.15, 0.2) is 0 Å². The topological polar surface area (TPSA) is 116 Å². The molecule has 1 N–H and O–H groups in total. The Balaban J connectivity index is 1.57. The van der Waals surface area contributed by atoms with Crippen LogP contribution in [0, 0.1) is 29.5 Å². The highest BCUT2D eigenvalue weighted by Gasteiger charge is 2.64. The lowest BCUT2D eigenvalue weighted by Gasteiger charge is -2.42. The molecule has 0 radical (unpaired) electrons. The third kappa shape index (κ3) is 3.65. The number of carbonyl (C=O) groups excluding carboxylic acids is 2. The van der Waals surface area contributed by atoms with Gasteiger partial charge in [-0.15, -0.1) is 0 Å². The van der Waals surface area contributed by atoms with E-state index in [-0.39, 0.29) is 12.8 Å². The Bertz CT molecular complexity index is 1130. The average molecular weight is 796 g/mol. The number of alkyl halides is 2. The highest BCUT2D eigenvalue weighted by atomic mass is 127. The number of rotatable bonds is 3. The number of benzene rings is 1. The van der Waals surface area contributed by atoms with E-state index in [1.54, 1.807) is 0 Å². The minimum atomic E-state index is -5.94. The van der Waals surface area contributed by atoms with Gasteiger partial charge in [0.25, 0.3) is 5.79 Å². The van der Waals surface area contributed by atoms with Crippen molar-refractivity contribution in [3.63, 3.8) is 0 Å². The Morgan fingerprint density at radius 1 is 1.19 bits per heavy atom. The number of carbonyl (C=O) groups is 2. The van der Waals surface area contributed by atoms with Gasteiger partial charge in [0.2, 0.25) is 0 Å². The number of esters is 2. The maximum Gasteiger partial charge on any atom is 0.465 e. The van der Waals surface area contributed by atoms with E-state index in [4.69, 9.17) is 18.8 Å². The summed E-state index contributed by atoms with van der Waals surface area (Å²) in [5.41, 5.74) is 1.13. The van der Waals surface area contributed by atoms with Crippen molar-refractivity contribution in [3.8, 4) is 5.75 Å². The molecule has 4 rings (SSSR count). The number of hydrogen-bond acceptors (Lipinski definition) is 7. The third-order valence-corrected chi connectivity index (χ3v) is 12.2. The zero-order valence-corrected chi connectivity index (χ0v) is 22.7. The lowest BCUT2D eigenvalue weighted by molar-refractivity contribution is -0.203. The number of fused-ring (bicyclic) bond motifs is 4. The van der Waals surface area contributed by atoms with Crippen LogP contribution in [0.25, 0.3) is 0 Å². The van der Waals surface area contributed by atoms with E-state index in [1.807, 2.05) is 6.92 Å². The molecule has 1 aromatic rings. The molecule has 1 aliphatic heterocycles. The second kappa shape index (κ2) is 7.72. The molecule has 4 unspecified atom stereocenters. The molecule has 2 bridgehead atoms. The predicted molar refractivity (Wildman–Crippen MR) is 125 cm³/mol. The van der Waals surface area contributed by atoms with E-state index >= 15 is 0 Å². The molecule has 14 heteroatoms. The highest BCUT2D eigenvalue weighted by molar-refractivity contribution is 14.1. The smallest absolute Gasteiger partial charge is 0.457 e. The molecule has 2 aliphatic carbocycles. The van der Waals surface area contributed by atoms with Crippen molar-refractivity contribution in [1.29, 1.82) is 0 Å². The van der Waals surface area contributed by atoms with Gasteiger partial charge in [0.05, 0.1) is 0 Å². The van der Waals surface area contributed by atoms with Gasteiger partial charge in [0, 0.05) is 34.5 Å². The van der Waals surface area contributed by atoms with Crippen LogP contribution in [0.3, 0.4) is 0 Å². The second-order valence-corrected chi connectivity index (χ2v) is 12.3. The Hall–Kier alpha value is -0.0800. The summed E-state index contributed by atoms with van der Waals surface area (Å²) < 4.78 is 76.4. The lowest BCUT2D eigenvalue weighted by atomic mass is 9.90. The molecular formula is C17H13F2I3O8S. The maximum atomic E-state index is 13.5. The predicted octanol–water partition coefficient (Wildman–Crippen LogP) is 3.88. The monoisotopic (exact) mass is 796 g/mol. The summed E-state index contributed by atoms with van der Waals surface area (Å²) in [6.45, 7) is 1.83. The fraction of sp³-hybridized carbons (Fsp3) is 0.529. The molecule has 170 valence electrons. The molecule has 0 amide bonds. The van der Waals surface area contributed by atoms with Gasteiger partial charge in [-0.1, -0.05) is 0 Å². The number of halogens is 5. The van der Waals surface area contributed by atoms with Gasteiger partial charge in [-0.05, 0) is 87.5 Å². The fourth-order valence-electron chi connectivity index (χ4n) is 4.37. The highest BCUT2D eigenvalue weighted by Crippen LogP contribution is 2.57. The molecule has 1 aromatic carbocycles. The first-order valence-electron chi connectivity index (χ1n) is 8.85. The molecule has 31 heavy (non-hydrogen) atoms. The van der Waals surface area contributed by atoms with Gasteiger partial charge in [-0.3, -0.25) is 4.55 Å². The van der Waals surface area contributed by atoms with Crippen LogP contribution in [-0.4, -0.2) is 42.1 Å². The van der Waals surface area contributed by atoms with Gasteiger partial charge in [-0.25, -0.2) is 9.59 Å². The molecule has 1 heterocycles. The summed E-state index contributed by atoms with van der Waals surface area (Å²) in [6.07, 6.45) is -0.456. The van der Waals surface area contributed by atoms with Crippen LogP contribution in [0.4, 0.5) is 8.78 Å². The average Bonchev–Trinajstić information content (AvgIpc) is 3.20. The number of ether oxygens (including phenoxy) is 3. The van der Waals surface area contributed by atoms with Gasteiger partial charge in [-0.2, -0.15) is 17.2 Å². The molecular weight excluding hydrogens is 783 g/mol. The van der Waals surface area contributed by atoms with Crippen LogP contribution in [-0.2, 0) is 24.4 Å². The Labute approximate surface area is 216 Å². The Morgan fingerprint density at radius 2 is 1.84 bits per heavy atom. The van der Waals surface area contributed by atoms with Crippen LogP contribution >= 0.6 is 67.8 Å². The van der Waals surface area contributed by atoms with Crippen molar-refractivity contribution >= 4 is 89.8 Å². The zero-order valence-electron chi connectivity index (χ0n) is 15.5. The summed E-state index contributed by atoms with van der Waals surface area (Å²) in [6, 6.07) is 0. The normalized spacial score (nSPS) is 29.5. The molecule has 1 spiro atoms.